The standard InChI is InChI=1S/C14H11F2NO3S/c1-8-7-21-12(17-8)6-20-14-10(15)4-9(5-11(14)16)2-3-13(18)19/h2-5,7H,6H2,1H3,(H,18,19)/b3-2+. The number of benzene rings is 1. The second-order valence-corrected chi connectivity index (χ2v) is 5.10. The lowest BCUT2D eigenvalue weighted by Gasteiger charge is -2.07. The van der Waals surface area contributed by atoms with E-state index in [9.17, 15) is 13.6 Å². The minimum atomic E-state index is -1.20. The molecule has 0 atom stereocenters. The fourth-order valence-electron chi connectivity index (χ4n) is 1.58. The quantitative estimate of drug-likeness (QED) is 0.860. The highest BCUT2D eigenvalue weighted by atomic mass is 32.1. The maximum atomic E-state index is 13.8. The molecule has 0 aliphatic rings. The molecular weight excluding hydrogens is 300 g/mol. The van der Waals surface area contributed by atoms with Crippen molar-refractivity contribution in [3.05, 3.63) is 51.5 Å². The van der Waals surface area contributed by atoms with Gasteiger partial charge in [-0.05, 0) is 30.7 Å². The third kappa shape index (κ3) is 4.09. The van der Waals surface area contributed by atoms with Crippen LogP contribution in [0.25, 0.3) is 6.08 Å². The highest BCUT2D eigenvalue weighted by Crippen LogP contribution is 2.25. The molecule has 7 heteroatoms. The van der Waals surface area contributed by atoms with E-state index in [1.165, 1.54) is 11.3 Å². The van der Waals surface area contributed by atoms with Crippen molar-refractivity contribution in [3.63, 3.8) is 0 Å². The van der Waals surface area contributed by atoms with Gasteiger partial charge < -0.3 is 9.84 Å². The molecule has 0 unspecified atom stereocenters. The molecule has 0 aliphatic heterocycles. The number of aliphatic carboxylic acids is 1. The number of thiazole rings is 1. The number of ether oxygens (including phenoxy) is 1. The zero-order valence-corrected chi connectivity index (χ0v) is 11.8. The van der Waals surface area contributed by atoms with Crippen LogP contribution in [0.5, 0.6) is 5.75 Å². The summed E-state index contributed by atoms with van der Waals surface area (Å²) in [6.07, 6.45) is 1.90. The number of rotatable bonds is 5. The number of aromatic nitrogens is 1. The van der Waals surface area contributed by atoms with Crippen LogP contribution in [0.2, 0.25) is 0 Å². The van der Waals surface area contributed by atoms with Gasteiger partial charge in [0.2, 0.25) is 0 Å². The molecule has 0 radical (unpaired) electrons. The largest absolute Gasteiger partial charge is 0.480 e. The van der Waals surface area contributed by atoms with Gasteiger partial charge in [-0.25, -0.2) is 18.6 Å². The van der Waals surface area contributed by atoms with Gasteiger partial charge in [-0.3, -0.25) is 0 Å². The summed E-state index contributed by atoms with van der Waals surface area (Å²) in [5.41, 5.74) is 0.915. The fraction of sp³-hybridized carbons (Fsp3) is 0.143. The predicted octanol–water partition coefficient (Wildman–Crippen LogP) is 3.41. The first-order valence-corrected chi connectivity index (χ1v) is 6.77. The van der Waals surface area contributed by atoms with E-state index in [2.05, 4.69) is 4.98 Å². The average molecular weight is 311 g/mol. The van der Waals surface area contributed by atoms with Gasteiger partial charge in [0.15, 0.2) is 17.4 Å². The summed E-state index contributed by atoms with van der Waals surface area (Å²) in [5, 5.41) is 10.9. The Kier molecular flexibility index (Phi) is 4.64. The molecule has 1 aromatic carbocycles. The normalized spacial score (nSPS) is 11.0. The number of aryl methyl sites for hydroxylation is 1. The minimum Gasteiger partial charge on any atom is -0.480 e. The number of nitrogens with zero attached hydrogens (tertiary/aromatic N) is 1. The lowest BCUT2D eigenvalue weighted by atomic mass is 10.2. The zero-order valence-electron chi connectivity index (χ0n) is 11.0. The van der Waals surface area contributed by atoms with E-state index in [4.69, 9.17) is 9.84 Å². The number of hydrogen-bond acceptors (Lipinski definition) is 4. The van der Waals surface area contributed by atoms with Crippen LogP contribution in [0.4, 0.5) is 8.78 Å². The summed E-state index contributed by atoms with van der Waals surface area (Å²) in [6.45, 7) is 1.78. The zero-order chi connectivity index (χ0) is 15.4. The SMILES string of the molecule is Cc1csc(COc2c(F)cc(/C=C/C(=O)O)cc2F)n1. The molecular formula is C14H11F2NO3S. The molecule has 2 rings (SSSR count). The van der Waals surface area contributed by atoms with Gasteiger partial charge in [-0.2, -0.15) is 0 Å². The summed E-state index contributed by atoms with van der Waals surface area (Å²) in [7, 11) is 0. The topological polar surface area (TPSA) is 59.4 Å². The van der Waals surface area contributed by atoms with Crippen molar-refractivity contribution in [2.45, 2.75) is 13.5 Å². The molecule has 110 valence electrons. The second-order valence-electron chi connectivity index (χ2n) is 4.16. The van der Waals surface area contributed by atoms with Crippen molar-refractivity contribution in [1.82, 2.24) is 4.98 Å². The van der Waals surface area contributed by atoms with Crippen LogP contribution >= 0.6 is 11.3 Å². The van der Waals surface area contributed by atoms with Crippen molar-refractivity contribution in [1.29, 1.82) is 0 Å². The Balaban J connectivity index is 2.15. The van der Waals surface area contributed by atoms with Crippen LogP contribution in [0.15, 0.2) is 23.6 Å². The van der Waals surface area contributed by atoms with Gasteiger partial charge in [-0.1, -0.05) is 0 Å². The summed E-state index contributed by atoms with van der Waals surface area (Å²) in [6, 6.07) is 2.01. The second kappa shape index (κ2) is 6.45. The smallest absolute Gasteiger partial charge is 0.328 e. The van der Waals surface area contributed by atoms with Crippen LogP contribution in [0.3, 0.4) is 0 Å². The maximum Gasteiger partial charge on any atom is 0.328 e. The summed E-state index contributed by atoms with van der Waals surface area (Å²) in [5.74, 6) is -3.49. The van der Waals surface area contributed by atoms with E-state index >= 15 is 0 Å². The van der Waals surface area contributed by atoms with Gasteiger partial charge in [0, 0.05) is 17.2 Å². The Labute approximate surface area is 123 Å². The minimum absolute atomic E-state index is 0.0311. The Morgan fingerprint density at radius 1 is 1.43 bits per heavy atom. The molecule has 0 saturated heterocycles. The highest BCUT2D eigenvalue weighted by molar-refractivity contribution is 7.09. The molecule has 21 heavy (non-hydrogen) atoms. The van der Waals surface area contributed by atoms with Crippen molar-refractivity contribution in [2.24, 2.45) is 0 Å². The van der Waals surface area contributed by atoms with Crippen molar-refractivity contribution in [2.75, 3.05) is 0 Å². The third-order valence-electron chi connectivity index (χ3n) is 2.45. The Bertz CT molecular complexity index is 674. The van der Waals surface area contributed by atoms with Crippen LogP contribution in [-0.4, -0.2) is 16.1 Å². The first-order valence-electron chi connectivity index (χ1n) is 5.89. The lowest BCUT2D eigenvalue weighted by molar-refractivity contribution is -0.131. The molecule has 1 N–H and O–H groups in total. The Hall–Kier alpha value is -2.28. The van der Waals surface area contributed by atoms with E-state index in [1.54, 1.807) is 0 Å². The van der Waals surface area contributed by atoms with Crippen LogP contribution < -0.4 is 4.74 Å². The number of carbonyl (C=O) groups is 1. The summed E-state index contributed by atoms with van der Waals surface area (Å²) in [4.78, 5) is 14.5. The maximum absolute atomic E-state index is 13.8. The number of halogens is 2. The molecule has 0 aliphatic carbocycles. The average Bonchev–Trinajstić information content (AvgIpc) is 2.81. The van der Waals surface area contributed by atoms with Crippen LogP contribution in [0.1, 0.15) is 16.3 Å². The van der Waals surface area contributed by atoms with Gasteiger partial charge in [0.25, 0.3) is 0 Å². The van der Waals surface area contributed by atoms with Gasteiger partial charge in [0.1, 0.15) is 11.6 Å². The first kappa shape index (κ1) is 15.1. The van der Waals surface area contributed by atoms with E-state index in [0.29, 0.717) is 5.01 Å². The fourth-order valence-corrected chi connectivity index (χ4v) is 2.27. The van der Waals surface area contributed by atoms with Crippen molar-refractivity contribution < 1.29 is 23.4 Å². The van der Waals surface area contributed by atoms with Gasteiger partial charge >= 0.3 is 5.97 Å². The Morgan fingerprint density at radius 2 is 2.10 bits per heavy atom. The number of hydrogen-bond donors (Lipinski definition) is 1. The molecule has 2 aromatic rings. The molecule has 0 amide bonds. The van der Waals surface area contributed by atoms with E-state index in [1.807, 2.05) is 12.3 Å². The van der Waals surface area contributed by atoms with E-state index in [0.717, 1.165) is 30.0 Å². The molecule has 0 saturated carbocycles. The predicted molar refractivity (Wildman–Crippen MR) is 74.2 cm³/mol. The van der Waals surface area contributed by atoms with Gasteiger partial charge in [-0.15, -0.1) is 11.3 Å². The number of carboxylic acids is 1. The van der Waals surface area contributed by atoms with Crippen molar-refractivity contribution in [3.8, 4) is 5.75 Å². The molecule has 0 fully saturated rings. The lowest BCUT2D eigenvalue weighted by Crippen LogP contribution is -2.00. The summed E-state index contributed by atoms with van der Waals surface area (Å²) < 4.78 is 32.7. The molecule has 1 heterocycles. The van der Waals surface area contributed by atoms with Crippen LogP contribution in [0, 0.1) is 18.6 Å². The molecule has 4 nitrogen and oxygen atoms in total. The van der Waals surface area contributed by atoms with E-state index in [-0.39, 0.29) is 12.2 Å². The molecule has 1 aromatic heterocycles. The monoisotopic (exact) mass is 311 g/mol. The molecule has 0 spiro atoms. The number of carboxylic acid groups (broad SMARTS) is 1. The van der Waals surface area contributed by atoms with Gasteiger partial charge in [0.05, 0.1) is 0 Å². The highest BCUT2D eigenvalue weighted by Gasteiger charge is 2.13. The third-order valence-corrected chi connectivity index (χ3v) is 3.39. The van der Waals surface area contributed by atoms with E-state index < -0.39 is 23.4 Å². The molecule has 0 bridgehead atoms. The van der Waals surface area contributed by atoms with Crippen molar-refractivity contribution >= 4 is 23.4 Å². The summed E-state index contributed by atoms with van der Waals surface area (Å²) >= 11 is 1.34. The van der Waals surface area contributed by atoms with Crippen LogP contribution in [-0.2, 0) is 11.4 Å². The Morgan fingerprint density at radius 3 is 2.62 bits per heavy atom. The first-order chi connectivity index (χ1) is 9.95.